The quantitative estimate of drug-likeness (QED) is 0.768. The van der Waals surface area contributed by atoms with E-state index < -0.39 is 5.60 Å². The Labute approximate surface area is 165 Å². The second-order valence-corrected chi connectivity index (χ2v) is 8.97. The minimum Gasteiger partial charge on any atom is -0.444 e. The first-order valence-corrected chi connectivity index (χ1v) is 10.7. The predicted octanol–water partition coefficient (Wildman–Crippen LogP) is 4.20. The van der Waals surface area contributed by atoms with Gasteiger partial charge in [-0.3, -0.25) is 0 Å². The number of urea groups is 1. The van der Waals surface area contributed by atoms with Crippen molar-refractivity contribution in [2.75, 3.05) is 31.2 Å². The van der Waals surface area contributed by atoms with E-state index in [-0.39, 0.29) is 18.2 Å². The van der Waals surface area contributed by atoms with Crippen molar-refractivity contribution >= 4 is 29.6 Å². The maximum Gasteiger partial charge on any atom is 0.410 e. The molecule has 0 bridgehead atoms. The Morgan fingerprint density at radius 2 is 1.93 bits per heavy atom. The Kier molecular flexibility index (Phi) is 5.89. The molecular formula is C20H29N3O3S. The van der Waals surface area contributed by atoms with E-state index in [0.717, 1.165) is 24.9 Å². The zero-order valence-corrected chi connectivity index (χ0v) is 17.4. The fourth-order valence-electron chi connectivity index (χ4n) is 3.59. The number of thioether (sulfide) groups is 1. The number of carbonyl (C=O) groups is 2. The highest BCUT2D eigenvalue weighted by atomic mass is 32.2. The van der Waals surface area contributed by atoms with Crippen molar-refractivity contribution in [2.24, 2.45) is 0 Å². The Morgan fingerprint density at radius 3 is 2.56 bits per heavy atom. The number of anilines is 1. The monoisotopic (exact) mass is 391 g/mol. The second kappa shape index (κ2) is 8.00. The zero-order chi connectivity index (χ0) is 19.6. The van der Waals surface area contributed by atoms with Crippen molar-refractivity contribution in [3.8, 4) is 0 Å². The van der Waals surface area contributed by atoms with Crippen LogP contribution in [0.2, 0.25) is 0 Å². The molecule has 0 spiro atoms. The summed E-state index contributed by atoms with van der Waals surface area (Å²) in [6, 6.07) is 6.31. The van der Waals surface area contributed by atoms with Gasteiger partial charge in [-0.05, 0) is 70.1 Å². The lowest BCUT2D eigenvalue weighted by atomic mass is 10.0. The molecule has 2 aliphatic heterocycles. The summed E-state index contributed by atoms with van der Waals surface area (Å²) in [6.45, 7) is 7.56. The second-order valence-electron chi connectivity index (χ2n) is 8.10. The van der Waals surface area contributed by atoms with Gasteiger partial charge in [0, 0.05) is 36.3 Å². The van der Waals surface area contributed by atoms with Gasteiger partial charge >= 0.3 is 12.1 Å². The van der Waals surface area contributed by atoms with Crippen LogP contribution in [0.15, 0.2) is 23.1 Å². The number of hydrogen-bond acceptors (Lipinski definition) is 4. The molecule has 0 atom stereocenters. The van der Waals surface area contributed by atoms with E-state index in [1.807, 2.05) is 37.8 Å². The normalized spacial score (nSPS) is 18.6. The molecular weight excluding hydrogens is 362 g/mol. The largest absolute Gasteiger partial charge is 0.444 e. The van der Waals surface area contributed by atoms with Gasteiger partial charge < -0.3 is 19.9 Å². The van der Waals surface area contributed by atoms with Gasteiger partial charge in [0.1, 0.15) is 5.60 Å². The van der Waals surface area contributed by atoms with E-state index in [1.165, 1.54) is 10.5 Å². The van der Waals surface area contributed by atoms with Crippen molar-refractivity contribution in [2.45, 2.75) is 56.6 Å². The van der Waals surface area contributed by atoms with E-state index in [0.29, 0.717) is 19.6 Å². The van der Waals surface area contributed by atoms with Gasteiger partial charge in [0.25, 0.3) is 0 Å². The first-order valence-electron chi connectivity index (χ1n) is 9.49. The van der Waals surface area contributed by atoms with Crippen molar-refractivity contribution in [1.29, 1.82) is 0 Å². The van der Waals surface area contributed by atoms with Crippen molar-refractivity contribution < 1.29 is 14.3 Å². The van der Waals surface area contributed by atoms with Crippen molar-refractivity contribution in [1.82, 2.24) is 9.80 Å². The first kappa shape index (κ1) is 19.9. The Morgan fingerprint density at radius 1 is 1.22 bits per heavy atom. The lowest BCUT2D eigenvalue weighted by Crippen LogP contribution is -2.50. The summed E-state index contributed by atoms with van der Waals surface area (Å²) in [7, 11) is 0. The number of nitrogens with zero attached hydrogens (tertiary/aromatic N) is 2. The highest BCUT2D eigenvalue weighted by Crippen LogP contribution is 2.28. The van der Waals surface area contributed by atoms with Gasteiger partial charge in [-0.25, -0.2) is 9.59 Å². The van der Waals surface area contributed by atoms with Gasteiger partial charge in [-0.15, -0.1) is 11.8 Å². The molecule has 3 amide bonds. The van der Waals surface area contributed by atoms with E-state index in [9.17, 15) is 9.59 Å². The fraction of sp³-hybridized carbons (Fsp3) is 0.600. The number of hydrogen-bond donors (Lipinski definition) is 1. The molecule has 3 rings (SSSR count). The summed E-state index contributed by atoms with van der Waals surface area (Å²) in [6.07, 6.45) is 4.19. The molecule has 1 aromatic rings. The minimum atomic E-state index is -0.486. The van der Waals surface area contributed by atoms with E-state index in [1.54, 1.807) is 16.7 Å². The van der Waals surface area contributed by atoms with Crippen LogP contribution in [0.25, 0.3) is 0 Å². The number of piperidine rings is 1. The lowest BCUT2D eigenvalue weighted by Gasteiger charge is -2.38. The van der Waals surface area contributed by atoms with E-state index in [2.05, 4.69) is 17.6 Å². The molecule has 0 aliphatic carbocycles. The number of likely N-dealkylation sites (tertiary alicyclic amines) is 1. The topological polar surface area (TPSA) is 61.9 Å². The SMILES string of the molecule is CSc1ccc2c(c1)CCN(C1CCN(C(=O)OC(C)(C)C)CC1)C(=O)N2. The maximum atomic E-state index is 12.7. The average Bonchev–Trinajstić information content (AvgIpc) is 2.78. The van der Waals surface area contributed by atoms with Crippen LogP contribution < -0.4 is 5.32 Å². The first-order chi connectivity index (χ1) is 12.8. The number of amides is 3. The number of carbonyl (C=O) groups excluding carboxylic acids is 2. The number of rotatable bonds is 2. The molecule has 0 radical (unpaired) electrons. The van der Waals surface area contributed by atoms with Crippen LogP contribution in [0.4, 0.5) is 15.3 Å². The molecule has 0 saturated carbocycles. The van der Waals surface area contributed by atoms with Gasteiger partial charge in [-0.1, -0.05) is 0 Å². The molecule has 1 fully saturated rings. The lowest BCUT2D eigenvalue weighted by molar-refractivity contribution is 0.0167. The van der Waals surface area contributed by atoms with Crippen LogP contribution in [0.5, 0.6) is 0 Å². The van der Waals surface area contributed by atoms with Gasteiger partial charge in [-0.2, -0.15) is 0 Å². The molecule has 2 aliphatic rings. The van der Waals surface area contributed by atoms with Gasteiger partial charge in [0.15, 0.2) is 0 Å². The summed E-state index contributed by atoms with van der Waals surface area (Å²) in [5.41, 5.74) is 1.61. The van der Waals surface area contributed by atoms with Crippen LogP contribution in [-0.2, 0) is 11.2 Å². The molecule has 1 N–H and O–H groups in total. The van der Waals surface area contributed by atoms with Crippen LogP contribution >= 0.6 is 11.8 Å². The van der Waals surface area contributed by atoms with Gasteiger partial charge in [0.2, 0.25) is 0 Å². The zero-order valence-electron chi connectivity index (χ0n) is 16.6. The molecule has 2 heterocycles. The summed E-state index contributed by atoms with van der Waals surface area (Å²) < 4.78 is 5.46. The minimum absolute atomic E-state index is 0.0404. The Bertz CT molecular complexity index is 709. The molecule has 0 aromatic heterocycles. The van der Waals surface area contributed by atoms with E-state index >= 15 is 0 Å². The molecule has 6 nitrogen and oxygen atoms in total. The molecule has 0 unspecified atom stereocenters. The molecule has 1 aromatic carbocycles. The van der Waals surface area contributed by atoms with Crippen LogP contribution in [0.1, 0.15) is 39.2 Å². The molecule has 7 heteroatoms. The Hall–Kier alpha value is -1.89. The third kappa shape index (κ3) is 4.89. The number of benzene rings is 1. The maximum absolute atomic E-state index is 12.7. The predicted molar refractivity (Wildman–Crippen MR) is 108 cm³/mol. The number of ether oxygens (including phenoxy) is 1. The number of nitrogens with one attached hydrogen (secondary N) is 1. The highest BCUT2D eigenvalue weighted by molar-refractivity contribution is 7.98. The van der Waals surface area contributed by atoms with Crippen LogP contribution in [0, 0.1) is 0 Å². The third-order valence-electron chi connectivity index (χ3n) is 4.99. The number of fused-ring (bicyclic) bond motifs is 1. The van der Waals surface area contributed by atoms with E-state index in [4.69, 9.17) is 4.74 Å². The standard InChI is InChI=1S/C20H29N3O3S/c1-20(2,3)26-19(25)22-10-8-15(9-11-22)23-12-7-14-13-16(27-4)5-6-17(14)21-18(23)24/h5-6,13,15H,7-12H2,1-4H3,(H,21,24). The van der Waals surface area contributed by atoms with Crippen LogP contribution in [-0.4, -0.2) is 59.5 Å². The highest BCUT2D eigenvalue weighted by Gasteiger charge is 2.32. The van der Waals surface area contributed by atoms with Crippen molar-refractivity contribution in [3.05, 3.63) is 23.8 Å². The third-order valence-corrected chi connectivity index (χ3v) is 5.72. The van der Waals surface area contributed by atoms with Crippen LogP contribution in [0.3, 0.4) is 0 Å². The molecule has 148 valence electrons. The average molecular weight is 392 g/mol. The summed E-state index contributed by atoms with van der Waals surface area (Å²) in [5.74, 6) is 0. The summed E-state index contributed by atoms with van der Waals surface area (Å²) in [5, 5.41) is 3.06. The van der Waals surface area contributed by atoms with Gasteiger partial charge in [0.05, 0.1) is 0 Å². The fourth-order valence-corrected chi connectivity index (χ4v) is 4.05. The molecule has 1 saturated heterocycles. The smallest absolute Gasteiger partial charge is 0.410 e. The summed E-state index contributed by atoms with van der Waals surface area (Å²) in [4.78, 5) is 29.9. The summed E-state index contributed by atoms with van der Waals surface area (Å²) >= 11 is 1.71. The van der Waals surface area contributed by atoms with Crippen molar-refractivity contribution in [3.63, 3.8) is 0 Å². The molecule has 27 heavy (non-hydrogen) atoms. The Balaban J connectivity index is 1.60.